The van der Waals surface area contributed by atoms with E-state index in [0.29, 0.717) is 11.2 Å². The summed E-state index contributed by atoms with van der Waals surface area (Å²) in [6.07, 6.45) is 3.25. The number of aryl methyl sites for hydroxylation is 1. The normalized spacial score (nSPS) is 10.8. The summed E-state index contributed by atoms with van der Waals surface area (Å²) in [5.74, 6) is -0.237. The number of carbonyl (C=O) groups is 1. The second-order valence-corrected chi connectivity index (χ2v) is 6.82. The Balaban J connectivity index is 1.74. The van der Waals surface area contributed by atoms with E-state index in [4.69, 9.17) is 0 Å². The van der Waals surface area contributed by atoms with Gasteiger partial charge in [-0.05, 0) is 30.7 Å². The molecule has 128 valence electrons. The number of benzene rings is 2. The zero-order valence-corrected chi connectivity index (χ0v) is 15.6. The van der Waals surface area contributed by atoms with E-state index < -0.39 is 0 Å². The standard InChI is InChI=1S/C20H15BrN4O/c1-13-7-8-15(21)11-17(13)24-20(26)16-12-23-25-18(9-10-22-19(16)25)14-5-3-2-4-6-14/h2-12H,1H3,(H,24,26). The first-order valence-electron chi connectivity index (χ1n) is 8.09. The van der Waals surface area contributed by atoms with Crippen LogP contribution in [0.25, 0.3) is 16.9 Å². The Morgan fingerprint density at radius 2 is 1.92 bits per heavy atom. The van der Waals surface area contributed by atoms with Gasteiger partial charge >= 0.3 is 0 Å². The van der Waals surface area contributed by atoms with Gasteiger partial charge in [0.25, 0.3) is 5.91 Å². The van der Waals surface area contributed by atoms with Gasteiger partial charge in [0, 0.05) is 21.9 Å². The first-order chi connectivity index (χ1) is 12.6. The lowest BCUT2D eigenvalue weighted by Gasteiger charge is -2.08. The number of amides is 1. The van der Waals surface area contributed by atoms with E-state index in [9.17, 15) is 4.79 Å². The highest BCUT2D eigenvalue weighted by atomic mass is 79.9. The fourth-order valence-corrected chi connectivity index (χ4v) is 3.16. The van der Waals surface area contributed by atoms with Crippen LogP contribution in [0.2, 0.25) is 0 Å². The molecule has 0 saturated carbocycles. The van der Waals surface area contributed by atoms with Crippen molar-refractivity contribution < 1.29 is 4.79 Å². The molecule has 4 aromatic rings. The molecule has 4 rings (SSSR count). The van der Waals surface area contributed by atoms with Crippen molar-refractivity contribution in [2.45, 2.75) is 6.92 Å². The number of hydrogen-bond donors (Lipinski definition) is 1. The maximum Gasteiger partial charge on any atom is 0.261 e. The summed E-state index contributed by atoms with van der Waals surface area (Å²) >= 11 is 3.43. The highest BCUT2D eigenvalue weighted by Gasteiger charge is 2.17. The van der Waals surface area contributed by atoms with E-state index in [2.05, 4.69) is 31.3 Å². The molecule has 1 amide bonds. The number of carbonyl (C=O) groups excluding carboxylic acids is 1. The molecule has 2 aromatic carbocycles. The third kappa shape index (κ3) is 2.99. The number of halogens is 1. The molecule has 5 nitrogen and oxygen atoms in total. The third-order valence-corrected chi connectivity index (χ3v) is 4.66. The number of nitrogens with one attached hydrogen (secondary N) is 1. The Bertz CT molecular complexity index is 1110. The van der Waals surface area contributed by atoms with Crippen molar-refractivity contribution in [2.75, 3.05) is 5.32 Å². The number of fused-ring (bicyclic) bond motifs is 1. The topological polar surface area (TPSA) is 59.3 Å². The van der Waals surface area contributed by atoms with Gasteiger partial charge in [-0.25, -0.2) is 9.50 Å². The van der Waals surface area contributed by atoms with Crippen LogP contribution in [0.5, 0.6) is 0 Å². The fraction of sp³-hybridized carbons (Fsp3) is 0.0500. The number of hydrogen-bond acceptors (Lipinski definition) is 3. The minimum Gasteiger partial charge on any atom is -0.322 e. The van der Waals surface area contributed by atoms with Crippen LogP contribution in [0.15, 0.2) is 71.5 Å². The van der Waals surface area contributed by atoms with Gasteiger partial charge in [0.1, 0.15) is 5.56 Å². The van der Waals surface area contributed by atoms with E-state index in [1.54, 1.807) is 16.9 Å². The number of nitrogens with zero attached hydrogens (tertiary/aromatic N) is 3. The van der Waals surface area contributed by atoms with Crippen LogP contribution in [-0.4, -0.2) is 20.5 Å². The largest absolute Gasteiger partial charge is 0.322 e. The second kappa shape index (κ2) is 6.72. The Morgan fingerprint density at radius 1 is 1.12 bits per heavy atom. The van der Waals surface area contributed by atoms with Crippen LogP contribution in [0, 0.1) is 6.92 Å². The summed E-state index contributed by atoms with van der Waals surface area (Å²) in [6, 6.07) is 17.5. The van der Waals surface area contributed by atoms with Crippen LogP contribution in [0.1, 0.15) is 15.9 Å². The Labute approximate surface area is 158 Å². The zero-order valence-electron chi connectivity index (χ0n) is 14.0. The van der Waals surface area contributed by atoms with E-state index in [-0.39, 0.29) is 5.91 Å². The molecule has 0 aliphatic carbocycles. The smallest absolute Gasteiger partial charge is 0.261 e. The molecule has 0 unspecified atom stereocenters. The van der Waals surface area contributed by atoms with Crippen molar-refractivity contribution in [3.8, 4) is 11.3 Å². The molecule has 1 N–H and O–H groups in total. The highest BCUT2D eigenvalue weighted by Crippen LogP contribution is 2.23. The molecule has 0 fully saturated rings. The van der Waals surface area contributed by atoms with E-state index in [0.717, 1.165) is 27.0 Å². The summed E-state index contributed by atoms with van der Waals surface area (Å²) in [7, 11) is 0. The lowest BCUT2D eigenvalue weighted by atomic mass is 10.1. The molecule has 0 spiro atoms. The molecule has 6 heteroatoms. The maximum absolute atomic E-state index is 12.8. The molecule has 0 aliphatic rings. The van der Waals surface area contributed by atoms with Crippen molar-refractivity contribution in [3.05, 3.63) is 82.6 Å². The summed E-state index contributed by atoms with van der Waals surface area (Å²) in [6.45, 7) is 1.95. The van der Waals surface area contributed by atoms with Gasteiger partial charge in [-0.1, -0.05) is 52.3 Å². The second-order valence-electron chi connectivity index (χ2n) is 5.90. The minimum atomic E-state index is -0.237. The molecular weight excluding hydrogens is 392 g/mol. The Morgan fingerprint density at radius 3 is 2.73 bits per heavy atom. The lowest BCUT2D eigenvalue weighted by Crippen LogP contribution is -2.13. The maximum atomic E-state index is 12.8. The highest BCUT2D eigenvalue weighted by molar-refractivity contribution is 9.10. The molecule has 26 heavy (non-hydrogen) atoms. The van der Waals surface area contributed by atoms with Gasteiger partial charge in [-0.2, -0.15) is 5.10 Å². The minimum absolute atomic E-state index is 0.237. The van der Waals surface area contributed by atoms with Crippen molar-refractivity contribution >= 4 is 33.2 Å². The molecule has 0 radical (unpaired) electrons. The quantitative estimate of drug-likeness (QED) is 0.535. The van der Waals surface area contributed by atoms with Crippen molar-refractivity contribution in [3.63, 3.8) is 0 Å². The summed E-state index contributed by atoms with van der Waals surface area (Å²) in [4.78, 5) is 17.1. The van der Waals surface area contributed by atoms with Crippen LogP contribution in [0.4, 0.5) is 5.69 Å². The average molecular weight is 407 g/mol. The van der Waals surface area contributed by atoms with Crippen molar-refractivity contribution in [1.29, 1.82) is 0 Å². The number of rotatable bonds is 3. The summed E-state index contributed by atoms with van der Waals surface area (Å²) in [5, 5.41) is 7.32. The van der Waals surface area contributed by atoms with E-state index in [1.807, 2.05) is 61.5 Å². The first-order valence-corrected chi connectivity index (χ1v) is 8.88. The summed E-state index contributed by atoms with van der Waals surface area (Å²) < 4.78 is 2.60. The molecule has 2 aromatic heterocycles. The Hall–Kier alpha value is -2.99. The van der Waals surface area contributed by atoms with Gasteiger partial charge < -0.3 is 5.32 Å². The van der Waals surface area contributed by atoms with Gasteiger partial charge in [-0.15, -0.1) is 0 Å². The molecule has 0 saturated heterocycles. The van der Waals surface area contributed by atoms with Crippen LogP contribution in [-0.2, 0) is 0 Å². The van der Waals surface area contributed by atoms with Crippen molar-refractivity contribution in [1.82, 2.24) is 14.6 Å². The van der Waals surface area contributed by atoms with Gasteiger partial charge in [0.05, 0.1) is 11.9 Å². The monoisotopic (exact) mass is 406 g/mol. The Kier molecular flexibility index (Phi) is 4.26. The van der Waals surface area contributed by atoms with E-state index in [1.165, 1.54) is 0 Å². The SMILES string of the molecule is Cc1ccc(Br)cc1NC(=O)c1cnn2c(-c3ccccc3)ccnc12. The average Bonchev–Trinajstić information content (AvgIpc) is 3.10. The predicted octanol–water partition coefficient (Wildman–Crippen LogP) is 4.72. The number of anilines is 1. The molecule has 2 heterocycles. The first kappa shape index (κ1) is 16.5. The van der Waals surface area contributed by atoms with Gasteiger partial charge in [0.15, 0.2) is 5.65 Å². The molecule has 0 atom stereocenters. The van der Waals surface area contributed by atoms with Gasteiger partial charge in [-0.3, -0.25) is 4.79 Å². The lowest BCUT2D eigenvalue weighted by molar-refractivity contribution is 0.102. The van der Waals surface area contributed by atoms with Gasteiger partial charge in [0.2, 0.25) is 0 Å². The molecule has 0 aliphatic heterocycles. The van der Waals surface area contributed by atoms with E-state index >= 15 is 0 Å². The fourth-order valence-electron chi connectivity index (χ4n) is 2.80. The van der Waals surface area contributed by atoms with Crippen LogP contribution < -0.4 is 5.32 Å². The molecule has 0 bridgehead atoms. The van der Waals surface area contributed by atoms with Crippen molar-refractivity contribution in [2.24, 2.45) is 0 Å². The zero-order chi connectivity index (χ0) is 18.1. The summed E-state index contributed by atoms with van der Waals surface area (Å²) in [5.41, 5.74) is 4.59. The molecular formula is C20H15BrN4O. The van der Waals surface area contributed by atoms with Crippen LogP contribution in [0.3, 0.4) is 0 Å². The third-order valence-electron chi connectivity index (χ3n) is 4.16. The predicted molar refractivity (Wildman–Crippen MR) is 105 cm³/mol. The number of aromatic nitrogens is 3. The van der Waals surface area contributed by atoms with Crippen LogP contribution >= 0.6 is 15.9 Å².